The molecular weight excluding hydrogens is 368 g/mol. The van der Waals surface area contributed by atoms with Gasteiger partial charge in [0, 0.05) is 11.4 Å². The highest BCUT2D eigenvalue weighted by atomic mass is 32.2. The predicted octanol–water partition coefficient (Wildman–Crippen LogP) is 2.92. The summed E-state index contributed by atoms with van der Waals surface area (Å²) in [5.41, 5.74) is 3.24. The Kier molecular flexibility index (Phi) is 5.75. The van der Waals surface area contributed by atoms with E-state index >= 15 is 0 Å². The first-order chi connectivity index (χ1) is 12.4. The summed E-state index contributed by atoms with van der Waals surface area (Å²) in [6, 6.07) is 18.1. The quantitative estimate of drug-likeness (QED) is 0.630. The standard InChI is InChI=1S/C18H20N4O2S2/c1-14-8-10-16(11-9-14)22-17(12-19-26(2,23)24)20-21-18(22)25-13-15-6-4-3-5-7-15/h3-11,19H,12-13H2,1-2H3. The van der Waals surface area contributed by atoms with Crippen molar-refractivity contribution >= 4 is 21.8 Å². The Morgan fingerprint density at radius 3 is 2.38 bits per heavy atom. The predicted molar refractivity (Wildman–Crippen MR) is 104 cm³/mol. The summed E-state index contributed by atoms with van der Waals surface area (Å²) in [5, 5.41) is 9.19. The molecule has 3 aromatic rings. The van der Waals surface area contributed by atoms with E-state index in [4.69, 9.17) is 0 Å². The van der Waals surface area contributed by atoms with Crippen molar-refractivity contribution in [3.8, 4) is 5.69 Å². The van der Waals surface area contributed by atoms with Crippen LogP contribution in [0.4, 0.5) is 0 Å². The number of nitrogens with one attached hydrogen (secondary N) is 1. The molecule has 1 heterocycles. The topological polar surface area (TPSA) is 76.9 Å². The van der Waals surface area contributed by atoms with E-state index < -0.39 is 10.0 Å². The van der Waals surface area contributed by atoms with Crippen molar-refractivity contribution in [1.29, 1.82) is 0 Å². The number of benzene rings is 2. The zero-order chi connectivity index (χ0) is 18.6. The van der Waals surface area contributed by atoms with Crippen molar-refractivity contribution in [2.75, 3.05) is 6.26 Å². The number of aromatic nitrogens is 3. The third-order valence-corrected chi connectivity index (χ3v) is 5.36. The first-order valence-corrected chi connectivity index (χ1v) is 10.9. The third-order valence-electron chi connectivity index (χ3n) is 3.70. The average molecular weight is 389 g/mol. The second kappa shape index (κ2) is 8.03. The maximum atomic E-state index is 11.4. The summed E-state index contributed by atoms with van der Waals surface area (Å²) < 4.78 is 27.3. The number of sulfonamides is 1. The molecule has 2 aromatic carbocycles. The fourth-order valence-electron chi connectivity index (χ4n) is 2.38. The second-order valence-electron chi connectivity index (χ2n) is 5.94. The Hall–Kier alpha value is -2.16. The zero-order valence-corrected chi connectivity index (χ0v) is 16.2. The number of hydrogen-bond acceptors (Lipinski definition) is 5. The Morgan fingerprint density at radius 2 is 1.73 bits per heavy atom. The molecule has 6 nitrogen and oxygen atoms in total. The molecular formula is C18H20N4O2S2. The van der Waals surface area contributed by atoms with Crippen LogP contribution < -0.4 is 4.72 Å². The summed E-state index contributed by atoms with van der Waals surface area (Å²) in [4.78, 5) is 0. The van der Waals surface area contributed by atoms with Gasteiger partial charge in [-0.2, -0.15) is 0 Å². The molecule has 1 N–H and O–H groups in total. The van der Waals surface area contributed by atoms with Crippen LogP contribution in [-0.2, 0) is 22.3 Å². The molecule has 0 aliphatic carbocycles. The third kappa shape index (κ3) is 4.94. The van der Waals surface area contributed by atoms with Gasteiger partial charge in [-0.25, -0.2) is 13.1 Å². The van der Waals surface area contributed by atoms with Gasteiger partial charge in [-0.15, -0.1) is 10.2 Å². The SMILES string of the molecule is Cc1ccc(-n2c(CNS(C)(=O)=O)nnc2SCc2ccccc2)cc1. The lowest BCUT2D eigenvalue weighted by molar-refractivity contribution is 0.584. The van der Waals surface area contributed by atoms with Crippen molar-refractivity contribution in [2.24, 2.45) is 0 Å². The van der Waals surface area contributed by atoms with Crippen molar-refractivity contribution < 1.29 is 8.42 Å². The highest BCUT2D eigenvalue weighted by Crippen LogP contribution is 2.25. The monoisotopic (exact) mass is 388 g/mol. The fraction of sp³-hybridized carbons (Fsp3) is 0.222. The highest BCUT2D eigenvalue weighted by Gasteiger charge is 2.16. The van der Waals surface area contributed by atoms with Crippen LogP contribution in [0.3, 0.4) is 0 Å². The van der Waals surface area contributed by atoms with Crippen LogP contribution in [0.2, 0.25) is 0 Å². The molecule has 1 aromatic heterocycles. The maximum absolute atomic E-state index is 11.4. The van der Waals surface area contributed by atoms with Crippen molar-refractivity contribution in [3.05, 3.63) is 71.5 Å². The lowest BCUT2D eigenvalue weighted by Gasteiger charge is -2.11. The minimum absolute atomic E-state index is 0.0889. The molecule has 0 saturated heterocycles. The molecule has 0 atom stereocenters. The van der Waals surface area contributed by atoms with Crippen LogP contribution in [0, 0.1) is 6.92 Å². The number of aryl methyl sites for hydroxylation is 1. The van der Waals surface area contributed by atoms with E-state index in [1.165, 1.54) is 5.56 Å². The van der Waals surface area contributed by atoms with Gasteiger partial charge in [-0.05, 0) is 24.6 Å². The largest absolute Gasteiger partial charge is 0.273 e. The first kappa shape index (κ1) is 18.6. The van der Waals surface area contributed by atoms with Crippen molar-refractivity contribution in [1.82, 2.24) is 19.5 Å². The molecule has 26 heavy (non-hydrogen) atoms. The van der Waals surface area contributed by atoms with E-state index in [2.05, 4.69) is 27.1 Å². The molecule has 8 heteroatoms. The van der Waals surface area contributed by atoms with Gasteiger partial charge < -0.3 is 0 Å². The first-order valence-electron chi connectivity index (χ1n) is 8.05. The van der Waals surface area contributed by atoms with Gasteiger partial charge in [0.25, 0.3) is 0 Å². The fourth-order valence-corrected chi connectivity index (χ4v) is 3.70. The van der Waals surface area contributed by atoms with Crippen LogP contribution >= 0.6 is 11.8 Å². The molecule has 0 amide bonds. The number of thioether (sulfide) groups is 1. The Labute approximate surface area is 157 Å². The molecule has 0 aliphatic heterocycles. The van der Waals surface area contributed by atoms with Gasteiger partial charge in [0.15, 0.2) is 11.0 Å². The van der Waals surface area contributed by atoms with Crippen LogP contribution in [0.15, 0.2) is 59.8 Å². The molecule has 0 saturated carbocycles. The summed E-state index contributed by atoms with van der Waals surface area (Å²) in [6.07, 6.45) is 1.13. The molecule has 0 unspecified atom stereocenters. The van der Waals surface area contributed by atoms with E-state index in [9.17, 15) is 8.42 Å². The summed E-state index contributed by atoms with van der Waals surface area (Å²) in [5.74, 6) is 1.31. The van der Waals surface area contributed by atoms with E-state index in [0.717, 1.165) is 28.4 Å². The Balaban J connectivity index is 1.90. The van der Waals surface area contributed by atoms with Crippen LogP contribution in [-0.4, -0.2) is 29.4 Å². The van der Waals surface area contributed by atoms with Crippen molar-refractivity contribution in [3.63, 3.8) is 0 Å². The van der Waals surface area contributed by atoms with E-state index in [0.29, 0.717) is 5.82 Å². The lowest BCUT2D eigenvalue weighted by atomic mass is 10.2. The molecule has 0 fully saturated rings. The van der Waals surface area contributed by atoms with E-state index in [1.807, 2.05) is 54.0 Å². The molecule has 136 valence electrons. The van der Waals surface area contributed by atoms with E-state index in [-0.39, 0.29) is 6.54 Å². The Morgan fingerprint density at radius 1 is 1.04 bits per heavy atom. The molecule has 0 bridgehead atoms. The Bertz CT molecular complexity index is 968. The minimum Gasteiger partial charge on any atom is -0.273 e. The van der Waals surface area contributed by atoms with Crippen molar-refractivity contribution in [2.45, 2.75) is 24.4 Å². The molecule has 3 rings (SSSR count). The number of rotatable bonds is 7. The second-order valence-corrected chi connectivity index (χ2v) is 8.71. The van der Waals surface area contributed by atoms with Gasteiger partial charge in [-0.1, -0.05) is 59.8 Å². The highest BCUT2D eigenvalue weighted by molar-refractivity contribution is 7.98. The van der Waals surface area contributed by atoms with Gasteiger partial charge in [0.05, 0.1) is 12.8 Å². The molecule has 0 radical (unpaired) electrons. The minimum atomic E-state index is -3.31. The molecule has 0 aliphatic rings. The smallest absolute Gasteiger partial charge is 0.209 e. The van der Waals surface area contributed by atoms with E-state index in [1.54, 1.807) is 11.8 Å². The average Bonchev–Trinajstić information content (AvgIpc) is 3.02. The lowest BCUT2D eigenvalue weighted by Crippen LogP contribution is -2.23. The van der Waals surface area contributed by atoms with Gasteiger partial charge in [0.1, 0.15) is 0 Å². The summed E-state index contributed by atoms with van der Waals surface area (Å²) in [6.45, 7) is 2.11. The van der Waals surface area contributed by atoms with Crippen LogP contribution in [0.5, 0.6) is 0 Å². The normalized spacial score (nSPS) is 11.6. The van der Waals surface area contributed by atoms with Crippen LogP contribution in [0.25, 0.3) is 5.69 Å². The number of nitrogens with zero attached hydrogens (tertiary/aromatic N) is 3. The summed E-state index contributed by atoms with van der Waals surface area (Å²) >= 11 is 1.57. The van der Waals surface area contributed by atoms with Gasteiger partial charge in [0.2, 0.25) is 10.0 Å². The summed E-state index contributed by atoms with van der Waals surface area (Å²) in [7, 11) is -3.31. The molecule has 0 spiro atoms. The van der Waals surface area contributed by atoms with Crippen LogP contribution in [0.1, 0.15) is 17.0 Å². The van der Waals surface area contributed by atoms with Gasteiger partial charge in [-0.3, -0.25) is 4.57 Å². The number of hydrogen-bond donors (Lipinski definition) is 1. The zero-order valence-electron chi connectivity index (χ0n) is 14.6. The van der Waals surface area contributed by atoms with Gasteiger partial charge >= 0.3 is 0 Å². The maximum Gasteiger partial charge on any atom is 0.209 e.